The molecule has 1 aromatic heterocycles. The quantitative estimate of drug-likeness (QED) is 0.783. The first kappa shape index (κ1) is 16.4. The summed E-state index contributed by atoms with van der Waals surface area (Å²) in [5, 5.41) is 4.45. The zero-order chi connectivity index (χ0) is 17.1. The van der Waals surface area contributed by atoms with E-state index in [1.807, 2.05) is 37.4 Å². The molecule has 6 nitrogen and oxygen atoms in total. The van der Waals surface area contributed by atoms with Gasteiger partial charge in [0.05, 0.1) is 19.3 Å². The number of para-hydroxylation sites is 2. The predicted octanol–water partition coefficient (Wildman–Crippen LogP) is 2.46. The number of carbonyl (C=O) groups is 1. The average molecular weight is 329 g/mol. The maximum atomic E-state index is 12.6. The fraction of sp³-hybridized carbons (Fsp3) is 0.444. The van der Waals surface area contributed by atoms with Gasteiger partial charge in [0.1, 0.15) is 12.3 Å². The summed E-state index contributed by atoms with van der Waals surface area (Å²) >= 11 is 0. The van der Waals surface area contributed by atoms with Crippen molar-refractivity contribution in [3.8, 4) is 11.5 Å². The van der Waals surface area contributed by atoms with Crippen molar-refractivity contribution in [3.63, 3.8) is 0 Å². The van der Waals surface area contributed by atoms with Crippen LogP contribution in [0.5, 0.6) is 11.5 Å². The Kier molecular flexibility index (Phi) is 4.74. The minimum atomic E-state index is -0.0412. The van der Waals surface area contributed by atoms with E-state index in [2.05, 4.69) is 5.10 Å². The van der Waals surface area contributed by atoms with Crippen molar-refractivity contribution in [2.45, 2.75) is 18.8 Å². The number of hydrogen-bond donors (Lipinski definition) is 0. The molecule has 1 aromatic carbocycles. The standard InChI is InChI=1S/C18H23N3O3/c1-20(10-11-24-17-7-5-4-6-16(17)23-3)18(22)15-12-14(13-8-9-13)19-21(15)2/h4-7,12-13H,8-11H2,1-3H3. The summed E-state index contributed by atoms with van der Waals surface area (Å²) in [5.74, 6) is 1.86. The van der Waals surface area contributed by atoms with Gasteiger partial charge in [0.25, 0.3) is 5.91 Å². The number of amides is 1. The first-order valence-corrected chi connectivity index (χ1v) is 8.15. The van der Waals surface area contributed by atoms with Gasteiger partial charge >= 0.3 is 0 Å². The fourth-order valence-corrected chi connectivity index (χ4v) is 2.60. The minimum Gasteiger partial charge on any atom is -0.493 e. The molecular weight excluding hydrogens is 306 g/mol. The summed E-state index contributed by atoms with van der Waals surface area (Å²) in [6.07, 6.45) is 2.35. The maximum absolute atomic E-state index is 12.6. The van der Waals surface area contributed by atoms with Gasteiger partial charge in [0.2, 0.25) is 0 Å². The third kappa shape index (κ3) is 3.53. The molecule has 6 heteroatoms. The SMILES string of the molecule is COc1ccccc1OCCN(C)C(=O)c1cc(C2CC2)nn1C. The number of nitrogens with zero attached hydrogens (tertiary/aromatic N) is 3. The molecule has 0 spiro atoms. The Morgan fingerprint density at radius 2 is 2.04 bits per heavy atom. The van der Waals surface area contributed by atoms with E-state index >= 15 is 0 Å². The van der Waals surface area contributed by atoms with Crippen LogP contribution in [0.1, 0.15) is 34.9 Å². The predicted molar refractivity (Wildman–Crippen MR) is 90.6 cm³/mol. The molecule has 0 saturated heterocycles. The van der Waals surface area contributed by atoms with Crippen LogP contribution in [0, 0.1) is 0 Å². The Morgan fingerprint density at radius 3 is 2.71 bits per heavy atom. The van der Waals surface area contributed by atoms with E-state index in [1.54, 1.807) is 23.7 Å². The lowest BCUT2D eigenvalue weighted by molar-refractivity contribution is 0.0762. The summed E-state index contributed by atoms with van der Waals surface area (Å²) in [6, 6.07) is 9.39. The van der Waals surface area contributed by atoms with Gasteiger partial charge in [-0.2, -0.15) is 5.10 Å². The summed E-state index contributed by atoms with van der Waals surface area (Å²) in [6.45, 7) is 0.886. The van der Waals surface area contributed by atoms with Crippen LogP contribution in [-0.4, -0.2) is 47.9 Å². The lowest BCUT2D eigenvalue weighted by Gasteiger charge is -2.18. The van der Waals surface area contributed by atoms with Crippen molar-refractivity contribution >= 4 is 5.91 Å². The van der Waals surface area contributed by atoms with E-state index in [1.165, 1.54) is 12.8 Å². The van der Waals surface area contributed by atoms with E-state index in [-0.39, 0.29) is 5.91 Å². The van der Waals surface area contributed by atoms with Crippen molar-refractivity contribution in [2.75, 3.05) is 27.3 Å². The van der Waals surface area contributed by atoms with Crippen molar-refractivity contribution < 1.29 is 14.3 Å². The zero-order valence-corrected chi connectivity index (χ0v) is 14.4. The van der Waals surface area contributed by atoms with Gasteiger partial charge in [0, 0.05) is 20.0 Å². The first-order valence-electron chi connectivity index (χ1n) is 8.15. The summed E-state index contributed by atoms with van der Waals surface area (Å²) in [4.78, 5) is 14.2. The lowest BCUT2D eigenvalue weighted by Crippen LogP contribution is -2.32. The van der Waals surface area contributed by atoms with Gasteiger partial charge in [0.15, 0.2) is 11.5 Å². The molecular formula is C18H23N3O3. The third-order valence-electron chi connectivity index (χ3n) is 4.21. The molecule has 1 heterocycles. The third-order valence-corrected chi connectivity index (χ3v) is 4.21. The molecule has 1 aliphatic rings. The number of benzene rings is 1. The van der Waals surface area contributed by atoms with E-state index in [0.29, 0.717) is 36.3 Å². The Labute approximate surface area is 142 Å². The molecule has 0 bridgehead atoms. The summed E-state index contributed by atoms with van der Waals surface area (Å²) in [5.41, 5.74) is 1.65. The van der Waals surface area contributed by atoms with Crippen molar-refractivity contribution in [2.24, 2.45) is 7.05 Å². The van der Waals surface area contributed by atoms with Gasteiger partial charge in [-0.1, -0.05) is 12.1 Å². The van der Waals surface area contributed by atoms with Crippen LogP contribution >= 0.6 is 0 Å². The van der Waals surface area contributed by atoms with Gasteiger partial charge in [-0.15, -0.1) is 0 Å². The van der Waals surface area contributed by atoms with Crippen molar-refractivity contribution in [1.29, 1.82) is 0 Å². The molecule has 0 radical (unpaired) electrons. The number of ether oxygens (including phenoxy) is 2. The van der Waals surface area contributed by atoms with Crippen LogP contribution in [0.15, 0.2) is 30.3 Å². The van der Waals surface area contributed by atoms with Gasteiger partial charge < -0.3 is 14.4 Å². The minimum absolute atomic E-state index is 0.0412. The number of aromatic nitrogens is 2. The molecule has 1 saturated carbocycles. The Hall–Kier alpha value is -2.50. The number of hydrogen-bond acceptors (Lipinski definition) is 4. The van der Waals surface area contributed by atoms with Gasteiger partial charge in [-0.05, 0) is 31.0 Å². The van der Waals surface area contributed by atoms with Crippen LogP contribution in [0.4, 0.5) is 0 Å². The second-order valence-corrected chi connectivity index (χ2v) is 6.08. The zero-order valence-electron chi connectivity index (χ0n) is 14.4. The summed E-state index contributed by atoms with van der Waals surface area (Å²) < 4.78 is 12.7. The average Bonchev–Trinajstić information content (AvgIpc) is 3.37. The maximum Gasteiger partial charge on any atom is 0.271 e. The molecule has 0 aliphatic heterocycles. The molecule has 1 amide bonds. The van der Waals surface area contributed by atoms with Gasteiger partial charge in [-0.25, -0.2) is 0 Å². The normalized spacial score (nSPS) is 13.6. The highest BCUT2D eigenvalue weighted by atomic mass is 16.5. The first-order chi connectivity index (χ1) is 11.6. The largest absolute Gasteiger partial charge is 0.493 e. The summed E-state index contributed by atoms with van der Waals surface area (Å²) in [7, 11) is 5.20. The molecule has 128 valence electrons. The molecule has 3 rings (SSSR count). The number of methoxy groups -OCH3 is 1. The van der Waals surface area contributed by atoms with Crippen molar-refractivity contribution in [1.82, 2.24) is 14.7 Å². The van der Waals surface area contributed by atoms with Crippen LogP contribution in [0.2, 0.25) is 0 Å². The molecule has 0 atom stereocenters. The van der Waals surface area contributed by atoms with Crippen LogP contribution in [0.25, 0.3) is 0 Å². The smallest absolute Gasteiger partial charge is 0.271 e. The number of likely N-dealkylation sites (N-methyl/N-ethyl adjacent to an activating group) is 1. The molecule has 1 fully saturated rings. The second kappa shape index (κ2) is 6.95. The highest BCUT2D eigenvalue weighted by molar-refractivity contribution is 5.92. The monoisotopic (exact) mass is 329 g/mol. The lowest BCUT2D eigenvalue weighted by atomic mass is 10.2. The molecule has 24 heavy (non-hydrogen) atoms. The Balaban J connectivity index is 1.56. The van der Waals surface area contributed by atoms with Crippen LogP contribution in [0.3, 0.4) is 0 Å². The number of aryl methyl sites for hydroxylation is 1. The van der Waals surface area contributed by atoms with Gasteiger partial charge in [-0.3, -0.25) is 9.48 Å². The van der Waals surface area contributed by atoms with E-state index in [4.69, 9.17) is 9.47 Å². The molecule has 0 N–H and O–H groups in total. The van der Waals surface area contributed by atoms with E-state index < -0.39 is 0 Å². The highest BCUT2D eigenvalue weighted by Gasteiger charge is 2.28. The Morgan fingerprint density at radius 1 is 1.33 bits per heavy atom. The van der Waals surface area contributed by atoms with Crippen LogP contribution < -0.4 is 9.47 Å². The fourth-order valence-electron chi connectivity index (χ4n) is 2.60. The highest BCUT2D eigenvalue weighted by Crippen LogP contribution is 2.39. The Bertz CT molecular complexity index is 722. The topological polar surface area (TPSA) is 56.6 Å². The van der Waals surface area contributed by atoms with E-state index in [9.17, 15) is 4.79 Å². The second-order valence-electron chi connectivity index (χ2n) is 6.08. The van der Waals surface area contributed by atoms with Crippen molar-refractivity contribution in [3.05, 3.63) is 41.7 Å². The molecule has 0 unspecified atom stereocenters. The number of carbonyl (C=O) groups excluding carboxylic acids is 1. The number of rotatable bonds is 7. The van der Waals surface area contributed by atoms with Crippen LogP contribution in [-0.2, 0) is 7.05 Å². The molecule has 1 aliphatic carbocycles. The molecule has 2 aromatic rings. The van der Waals surface area contributed by atoms with E-state index in [0.717, 1.165) is 5.69 Å².